The topological polar surface area (TPSA) is 139 Å². The maximum Gasteiger partial charge on any atom is 0.229 e. The fraction of sp³-hybridized carbons (Fsp3) is 0.800. The summed E-state index contributed by atoms with van der Waals surface area (Å²) in [5, 5.41) is 18.1. The first-order valence-electron chi connectivity index (χ1n) is 8.74. The summed E-state index contributed by atoms with van der Waals surface area (Å²) in [6, 6.07) is 0. The summed E-state index contributed by atoms with van der Waals surface area (Å²) in [7, 11) is 0. The van der Waals surface area contributed by atoms with Crippen molar-refractivity contribution in [1.82, 2.24) is 15.0 Å². The van der Waals surface area contributed by atoms with Crippen LogP contribution in [0.3, 0.4) is 0 Å². The van der Waals surface area contributed by atoms with Crippen LogP contribution in [0.15, 0.2) is 0 Å². The van der Waals surface area contributed by atoms with Crippen molar-refractivity contribution < 1.29 is 14.6 Å². The van der Waals surface area contributed by atoms with Gasteiger partial charge in [0.2, 0.25) is 17.8 Å². The van der Waals surface area contributed by atoms with Crippen LogP contribution in [0.1, 0.15) is 19.8 Å². The van der Waals surface area contributed by atoms with Crippen molar-refractivity contribution in [1.29, 1.82) is 0 Å². The second kappa shape index (κ2) is 14.6. The quantitative estimate of drug-likeness (QED) is 0.255. The molecule has 0 aliphatic rings. The standard InChI is InChI=1S/C15H31N7O3/c1-2-3-5-17-13-20-14(18-6-8-23)22-15(21-13)19-7-10-25-12-11-24-9-4-16/h23H,2-12,16H2,1H3,(H3,17,18,19,20,21,22). The molecule has 0 saturated carbocycles. The van der Waals surface area contributed by atoms with Crippen LogP contribution < -0.4 is 21.7 Å². The van der Waals surface area contributed by atoms with Gasteiger partial charge < -0.3 is 36.3 Å². The fourth-order valence-corrected chi connectivity index (χ4v) is 1.80. The average Bonchev–Trinajstić information content (AvgIpc) is 2.62. The van der Waals surface area contributed by atoms with E-state index in [2.05, 4.69) is 37.8 Å². The molecule has 25 heavy (non-hydrogen) atoms. The van der Waals surface area contributed by atoms with Gasteiger partial charge in [-0.3, -0.25) is 0 Å². The molecule has 0 unspecified atom stereocenters. The number of aliphatic hydroxyl groups is 1. The smallest absolute Gasteiger partial charge is 0.229 e. The monoisotopic (exact) mass is 357 g/mol. The molecule has 0 aliphatic heterocycles. The van der Waals surface area contributed by atoms with Gasteiger partial charge in [-0.15, -0.1) is 0 Å². The lowest BCUT2D eigenvalue weighted by atomic mass is 10.3. The van der Waals surface area contributed by atoms with Gasteiger partial charge in [-0.25, -0.2) is 0 Å². The minimum absolute atomic E-state index is 0.00705. The second-order valence-corrected chi connectivity index (χ2v) is 5.18. The molecule has 1 rings (SSSR count). The van der Waals surface area contributed by atoms with Gasteiger partial charge in [0.25, 0.3) is 0 Å². The van der Waals surface area contributed by atoms with Crippen molar-refractivity contribution in [2.24, 2.45) is 5.73 Å². The number of aliphatic hydroxyl groups excluding tert-OH is 1. The highest BCUT2D eigenvalue weighted by Crippen LogP contribution is 2.09. The predicted octanol–water partition coefficient (Wildman–Crippen LogP) is -0.108. The van der Waals surface area contributed by atoms with Crippen LogP contribution in [0.4, 0.5) is 17.8 Å². The summed E-state index contributed by atoms with van der Waals surface area (Å²) >= 11 is 0. The number of aromatic nitrogens is 3. The van der Waals surface area contributed by atoms with Crippen LogP contribution in [0.5, 0.6) is 0 Å². The predicted molar refractivity (Wildman–Crippen MR) is 98.0 cm³/mol. The fourth-order valence-electron chi connectivity index (χ4n) is 1.80. The van der Waals surface area contributed by atoms with E-state index in [1.54, 1.807) is 0 Å². The molecule has 0 bridgehead atoms. The molecule has 0 saturated heterocycles. The third-order valence-corrected chi connectivity index (χ3v) is 3.01. The summed E-state index contributed by atoms with van der Waals surface area (Å²) in [5.41, 5.74) is 5.33. The minimum atomic E-state index is 0.00705. The van der Waals surface area contributed by atoms with E-state index in [9.17, 15) is 0 Å². The summed E-state index contributed by atoms with van der Waals surface area (Å²) in [6.07, 6.45) is 2.12. The van der Waals surface area contributed by atoms with Gasteiger partial charge in [0.1, 0.15) is 0 Å². The van der Waals surface area contributed by atoms with Crippen LogP contribution in [-0.4, -0.2) is 79.3 Å². The lowest BCUT2D eigenvalue weighted by molar-refractivity contribution is 0.0547. The first-order chi connectivity index (χ1) is 12.3. The molecule has 10 nitrogen and oxygen atoms in total. The SMILES string of the molecule is CCCCNc1nc(NCCO)nc(NCCOCCOCCN)n1. The molecule has 1 heterocycles. The van der Waals surface area contributed by atoms with Crippen molar-refractivity contribution in [3.63, 3.8) is 0 Å². The van der Waals surface area contributed by atoms with Gasteiger partial charge in [-0.1, -0.05) is 13.3 Å². The molecule has 144 valence electrons. The number of nitrogens with zero attached hydrogens (tertiary/aromatic N) is 3. The Morgan fingerprint density at radius 3 is 1.96 bits per heavy atom. The van der Waals surface area contributed by atoms with Gasteiger partial charge in [-0.05, 0) is 6.42 Å². The van der Waals surface area contributed by atoms with E-state index >= 15 is 0 Å². The van der Waals surface area contributed by atoms with Crippen molar-refractivity contribution in [3.05, 3.63) is 0 Å². The molecule has 1 aromatic heterocycles. The van der Waals surface area contributed by atoms with Crippen LogP contribution in [-0.2, 0) is 9.47 Å². The molecule has 0 radical (unpaired) electrons. The van der Waals surface area contributed by atoms with Gasteiger partial charge >= 0.3 is 0 Å². The van der Waals surface area contributed by atoms with E-state index in [1.165, 1.54) is 0 Å². The van der Waals surface area contributed by atoms with Gasteiger partial charge in [0.05, 0.1) is 33.0 Å². The van der Waals surface area contributed by atoms with E-state index in [-0.39, 0.29) is 6.61 Å². The highest BCUT2D eigenvalue weighted by atomic mass is 16.5. The highest BCUT2D eigenvalue weighted by molar-refractivity contribution is 5.42. The molecule has 6 N–H and O–H groups in total. The maximum absolute atomic E-state index is 8.92. The molecular weight excluding hydrogens is 326 g/mol. The molecular formula is C15H31N7O3. The van der Waals surface area contributed by atoms with Crippen LogP contribution in [0, 0.1) is 0 Å². The average molecular weight is 357 g/mol. The maximum atomic E-state index is 8.92. The van der Waals surface area contributed by atoms with Crippen molar-refractivity contribution in [2.75, 3.05) is 75.2 Å². The Kier molecular flexibility index (Phi) is 12.4. The molecule has 0 fully saturated rings. The zero-order chi connectivity index (χ0) is 18.2. The Labute approximate surface area is 148 Å². The first-order valence-corrected chi connectivity index (χ1v) is 8.74. The van der Waals surface area contributed by atoms with Crippen molar-refractivity contribution >= 4 is 17.8 Å². The summed E-state index contributed by atoms with van der Waals surface area (Å²) < 4.78 is 10.7. The van der Waals surface area contributed by atoms with Crippen molar-refractivity contribution in [2.45, 2.75) is 19.8 Å². The van der Waals surface area contributed by atoms with Crippen LogP contribution >= 0.6 is 0 Å². The molecule has 1 aromatic rings. The number of unbranched alkanes of at least 4 members (excludes halogenated alkanes) is 1. The van der Waals surface area contributed by atoms with Gasteiger partial charge in [0, 0.05) is 26.2 Å². The number of rotatable bonds is 16. The molecule has 0 amide bonds. The minimum Gasteiger partial charge on any atom is -0.395 e. The Morgan fingerprint density at radius 2 is 1.40 bits per heavy atom. The zero-order valence-corrected chi connectivity index (χ0v) is 15.0. The molecule has 0 atom stereocenters. The summed E-state index contributed by atoms with van der Waals surface area (Å²) in [6.45, 7) is 6.49. The van der Waals surface area contributed by atoms with E-state index in [1.807, 2.05) is 0 Å². The number of anilines is 3. The van der Waals surface area contributed by atoms with Crippen LogP contribution in [0.25, 0.3) is 0 Å². The summed E-state index contributed by atoms with van der Waals surface area (Å²) in [4.78, 5) is 12.9. The number of ether oxygens (including phenoxy) is 2. The Balaban J connectivity index is 2.40. The van der Waals surface area contributed by atoms with Gasteiger partial charge in [-0.2, -0.15) is 15.0 Å². The van der Waals surface area contributed by atoms with Crippen molar-refractivity contribution in [3.8, 4) is 0 Å². The number of nitrogens with one attached hydrogen (secondary N) is 3. The second-order valence-electron chi connectivity index (χ2n) is 5.18. The van der Waals surface area contributed by atoms with E-state index < -0.39 is 0 Å². The van der Waals surface area contributed by atoms with Crippen LogP contribution in [0.2, 0.25) is 0 Å². The largest absolute Gasteiger partial charge is 0.395 e. The number of hydrogen-bond acceptors (Lipinski definition) is 10. The third kappa shape index (κ3) is 10.7. The first kappa shape index (κ1) is 21.3. The van der Waals surface area contributed by atoms with Gasteiger partial charge in [0.15, 0.2) is 0 Å². The Bertz CT molecular complexity index is 451. The number of nitrogens with two attached hydrogens (primary N) is 1. The van der Waals surface area contributed by atoms with E-state index in [0.29, 0.717) is 63.9 Å². The lowest BCUT2D eigenvalue weighted by Crippen LogP contribution is -2.18. The lowest BCUT2D eigenvalue weighted by Gasteiger charge is -2.11. The van der Waals surface area contributed by atoms with E-state index in [0.717, 1.165) is 19.4 Å². The molecule has 0 spiro atoms. The summed E-state index contributed by atoms with van der Waals surface area (Å²) in [5.74, 6) is 1.38. The molecule has 10 heteroatoms. The highest BCUT2D eigenvalue weighted by Gasteiger charge is 2.05. The Hall–Kier alpha value is -1.75. The van der Waals surface area contributed by atoms with E-state index in [4.69, 9.17) is 20.3 Å². The number of hydrogen-bond donors (Lipinski definition) is 5. The zero-order valence-electron chi connectivity index (χ0n) is 15.0. The molecule has 0 aliphatic carbocycles. The normalized spacial score (nSPS) is 10.7. The third-order valence-electron chi connectivity index (χ3n) is 3.01. The molecule has 0 aromatic carbocycles. The Morgan fingerprint density at radius 1 is 0.840 bits per heavy atom.